The monoisotopic (exact) mass is 202 g/mol. The van der Waals surface area contributed by atoms with Crippen molar-refractivity contribution >= 4 is 22.7 Å². The number of rotatable bonds is 0. The Bertz CT molecular complexity index is 529. The number of fused-ring (bicyclic) bond motifs is 2. The van der Waals surface area contributed by atoms with E-state index in [1.165, 1.54) is 0 Å². The summed E-state index contributed by atoms with van der Waals surface area (Å²) in [6.07, 6.45) is 1.66. The zero-order valence-electron chi connectivity index (χ0n) is 7.65. The van der Waals surface area contributed by atoms with Crippen LogP contribution in [0.5, 0.6) is 5.75 Å². The van der Waals surface area contributed by atoms with Gasteiger partial charge >= 0.3 is 5.97 Å². The number of carbonyl (C=O) groups excluding carboxylic acids is 2. The number of Topliss-reactive ketones (excluding diaryl/α,β-unsaturated/α-hetero) is 1. The van der Waals surface area contributed by atoms with Crippen LogP contribution >= 0.6 is 0 Å². The highest BCUT2D eigenvalue weighted by atomic mass is 16.5. The van der Waals surface area contributed by atoms with Gasteiger partial charge in [0.15, 0.2) is 0 Å². The van der Waals surface area contributed by atoms with E-state index in [9.17, 15) is 9.59 Å². The van der Waals surface area contributed by atoms with Crippen molar-refractivity contribution in [1.82, 2.24) is 0 Å². The fraction of sp³-hybridized carbons (Fsp3) is 0.0909. The van der Waals surface area contributed by atoms with Crippen LogP contribution in [0.15, 0.2) is 28.9 Å². The fourth-order valence-electron chi connectivity index (χ4n) is 1.67. The standard InChI is InChI=1S/C11H6O4/c12-8-4-7-3-6-1-2-14-9(6)5-10(7)15-11(8)13/h1-3,5H,4H2. The molecule has 2 heterocycles. The number of ether oxygens (including phenoxy) is 1. The smallest absolute Gasteiger partial charge is 0.380 e. The molecule has 74 valence electrons. The third-order valence-electron chi connectivity index (χ3n) is 2.42. The number of hydrogen-bond acceptors (Lipinski definition) is 4. The van der Waals surface area contributed by atoms with Crippen molar-refractivity contribution in [2.24, 2.45) is 0 Å². The largest absolute Gasteiger partial charge is 0.464 e. The van der Waals surface area contributed by atoms with Gasteiger partial charge in [0.05, 0.1) is 6.26 Å². The van der Waals surface area contributed by atoms with Gasteiger partial charge in [-0.3, -0.25) is 4.79 Å². The van der Waals surface area contributed by atoms with E-state index in [2.05, 4.69) is 0 Å². The minimum Gasteiger partial charge on any atom is -0.464 e. The normalized spacial score (nSPS) is 15.2. The van der Waals surface area contributed by atoms with E-state index in [0.29, 0.717) is 11.3 Å². The van der Waals surface area contributed by atoms with Gasteiger partial charge in [0.2, 0.25) is 5.78 Å². The molecule has 0 radical (unpaired) electrons. The van der Waals surface area contributed by atoms with Crippen LogP contribution in [0.4, 0.5) is 0 Å². The van der Waals surface area contributed by atoms with Crippen molar-refractivity contribution in [3.05, 3.63) is 30.0 Å². The van der Waals surface area contributed by atoms with Crippen molar-refractivity contribution in [2.75, 3.05) is 0 Å². The first-order valence-corrected chi connectivity index (χ1v) is 4.49. The Morgan fingerprint density at radius 3 is 2.93 bits per heavy atom. The summed E-state index contributed by atoms with van der Waals surface area (Å²) in [5, 5.41) is 0.902. The van der Waals surface area contributed by atoms with Crippen molar-refractivity contribution in [1.29, 1.82) is 0 Å². The van der Waals surface area contributed by atoms with Crippen LogP contribution < -0.4 is 4.74 Å². The topological polar surface area (TPSA) is 56.5 Å². The van der Waals surface area contributed by atoms with E-state index in [-0.39, 0.29) is 6.42 Å². The first-order chi connectivity index (χ1) is 7.24. The van der Waals surface area contributed by atoms with Gasteiger partial charge < -0.3 is 9.15 Å². The third kappa shape index (κ3) is 1.15. The second-order valence-corrected chi connectivity index (χ2v) is 3.41. The van der Waals surface area contributed by atoms with Crippen LogP contribution in [0.25, 0.3) is 11.0 Å². The molecule has 1 aromatic carbocycles. The molecule has 0 atom stereocenters. The molecule has 1 aliphatic rings. The Hall–Kier alpha value is -2.10. The molecule has 0 amide bonds. The molecule has 2 aromatic rings. The number of ketones is 1. The highest BCUT2D eigenvalue weighted by Gasteiger charge is 2.26. The Labute approximate surface area is 84.4 Å². The van der Waals surface area contributed by atoms with Crippen LogP contribution in [-0.4, -0.2) is 11.8 Å². The maximum atomic E-state index is 11.1. The summed E-state index contributed by atoms with van der Waals surface area (Å²) in [7, 11) is 0. The van der Waals surface area contributed by atoms with Crippen molar-refractivity contribution in [3.8, 4) is 5.75 Å². The number of hydrogen-bond donors (Lipinski definition) is 0. The molecule has 3 rings (SSSR count). The lowest BCUT2D eigenvalue weighted by Gasteiger charge is -2.13. The summed E-state index contributed by atoms with van der Waals surface area (Å²) >= 11 is 0. The van der Waals surface area contributed by atoms with E-state index in [0.717, 1.165) is 10.9 Å². The summed E-state index contributed by atoms with van der Waals surface area (Å²) in [6, 6.07) is 5.24. The van der Waals surface area contributed by atoms with Crippen molar-refractivity contribution in [3.63, 3.8) is 0 Å². The average Bonchev–Trinajstić information content (AvgIpc) is 2.63. The van der Waals surface area contributed by atoms with Gasteiger partial charge in [-0.1, -0.05) is 0 Å². The zero-order chi connectivity index (χ0) is 10.4. The number of esters is 1. The summed E-state index contributed by atoms with van der Waals surface area (Å²) in [5.74, 6) is -0.888. The van der Waals surface area contributed by atoms with Gasteiger partial charge in [0.1, 0.15) is 11.3 Å². The maximum absolute atomic E-state index is 11.1. The van der Waals surface area contributed by atoms with Crippen molar-refractivity contribution in [2.45, 2.75) is 6.42 Å². The number of carbonyl (C=O) groups is 2. The molecule has 1 aliphatic heterocycles. The number of benzene rings is 1. The van der Waals surface area contributed by atoms with E-state index in [1.807, 2.05) is 0 Å². The Balaban J connectivity index is 2.24. The van der Waals surface area contributed by atoms with Crippen molar-refractivity contribution < 1.29 is 18.7 Å². The summed E-state index contributed by atoms with van der Waals surface area (Å²) in [5.41, 5.74) is 1.38. The van der Waals surface area contributed by atoms with Gasteiger partial charge in [0, 0.05) is 23.4 Å². The molecule has 0 N–H and O–H groups in total. The van der Waals surface area contributed by atoms with E-state index in [4.69, 9.17) is 9.15 Å². The predicted octanol–water partition coefficient (Wildman–Crippen LogP) is 1.46. The van der Waals surface area contributed by atoms with Gasteiger partial charge in [-0.05, 0) is 12.1 Å². The molecule has 0 saturated carbocycles. The molecule has 0 unspecified atom stereocenters. The van der Waals surface area contributed by atoms with Crippen LogP contribution in [0.1, 0.15) is 5.56 Å². The van der Waals surface area contributed by atoms with Crippen LogP contribution in [0, 0.1) is 0 Å². The first-order valence-electron chi connectivity index (χ1n) is 4.49. The molecule has 0 spiro atoms. The van der Waals surface area contributed by atoms with E-state index < -0.39 is 11.8 Å². The average molecular weight is 202 g/mol. The summed E-state index contributed by atoms with van der Waals surface area (Å²) in [6.45, 7) is 0. The number of furan rings is 1. The van der Waals surface area contributed by atoms with Crippen LogP contribution in [0.3, 0.4) is 0 Å². The van der Waals surface area contributed by atoms with Gasteiger partial charge in [-0.25, -0.2) is 4.79 Å². The Kier molecular flexibility index (Phi) is 1.48. The quantitative estimate of drug-likeness (QED) is 0.368. The zero-order valence-corrected chi connectivity index (χ0v) is 7.65. The molecule has 0 bridgehead atoms. The predicted molar refractivity (Wildman–Crippen MR) is 50.6 cm³/mol. The molecule has 0 fully saturated rings. The van der Waals surface area contributed by atoms with Gasteiger partial charge in [-0.2, -0.15) is 0 Å². The molecule has 0 saturated heterocycles. The molecular weight excluding hydrogens is 196 g/mol. The lowest BCUT2D eigenvalue weighted by Crippen LogP contribution is -2.27. The lowest BCUT2D eigenvalue weighted by molar-refractivity contribution is -0.147. The van der Waals surface area contributed by atoms with Crippen LogP contribution in [-0.2, 0) is 16.0 Å². The van der Waals surface area contributed by atoms with E-state index in [1.54, 1.807) is 24.5 Å². The lowest BCUT2D eigenvalue weighted by atomic mass is 10.0. The van der Waals surface area contributed by atoms with Gasteiger partial charge in [0.25, 0.3) is 0 Å². The summed E-state index contributed by atoms with van der Waals surface area (Å²) in [4.78, 5) is 22.2. The minimum atomic E-state index is -0.798. The van der Waals surface area contributed by atoms with Crippen LogP contribution in [0.2, 0.25) is 0 Å². The van der Waals surface area contributed by atoms with E-state index >= 15 is 0 Å². The Morgan fingerprint density at radius 1 is 1.20 bits per heavy atom. The SMILES string of the molecule is O=C1Cc2cc3ccoc3cc2OC1=O. The second kappa shape index (κ2) is 2.70. The van der Waals surface area contributed by atoms with Gasteiger partial charge in [-0.15, -0.1) is 0 Å². The third-order valence-corrected chi connectivity index (χ3v) is 2.42. The first kappa shape index (κ1) is 8.23. The highest BCUT2D eigenvalue weighted by Crippen LogP contribution is 2.29. The Morgan fingerprint density at radius 2 is 2.07 bits per heavy atom. The minimum absolute atomic E-state index is 0.106. The molecular formula is C11H6O4. The molecule has 4 heteroatoms. The molecule has 0 aliphatic carbocycles. The molecule has 4 nitrogen and oxygen atoms in total. The molecule has 15 heavy (non-hydrogen) atoms. The molecule has 1 aromatic heterocycles. The highest BCUT2D eigenvalue weighted by molar-refractivity contribution is 6.35. The summed E-state index contributed by atoms with van der Waals surface area (Å²) < 4.78 is 10.0. The second-order valence-electron chi connectivity index (χ2n) is 3.41. The maximum Gasteiger partial charge on any atom is 0.380 e. The fourth-order valence-corrected chi connectivity index (χ4v) is 1.67.